The fourth-order valence-electron chi connectivity index (χ4n) is 1.30. The first kappa shape index (κ1) is 13.2. The van der Waals surface area contributed by atoms with E-state index in [9.17, 15) is 9.59 Å². The van der Waals surface area contributed by atoms with Crippen LogP contribution in [0.4, 0.5) is 0 Å². The molecule has 0 heterocycles. The molecule has 0 aliphatic rings. The van der Waals surface area contributed by atoms with Crippen molar-refractivity contribution in [1.29, 1.82) is 0 Å². The summed E-state index contributed by atoms with van der Waals surface area (Å²) >= 11 is 0. The summed E-state index contributed by atoms with van der Waals surface area (Å²) in [6, 6.07) is 9.43. The van der Waals surface area contributed by atoms with Gasteiger partial charge in [0, 0.05) is 12.5 Å². The molecule has 0 amide bonds. The number of benzene rings is 1. The maximum Gasteiger partial charge on any atom is 0.331 e. The molecule has 0 aliphatic heterocycles. The Morgan fingerprint density at radius 1 is 1.29 bits per heavy atom. The van der Waals surface area contributed by atoms with E-state index < -0.39 is 12.1 Å². The molecule has 1 atom stereocenters. The van der Waals surface area contributed by atoms with Crippen molar-refractivity contribution >= 4 is 17.8 Å². The topological polar surface area (TPSA) is 43.4 Å². The van der Waals surface area contributed by atoms with Gasteiger partial charge in [0.15, 0.2) is 11.9 Å². The first-order valence-electron chi connectivity index (χ1n) is 5.60. The zero-order valence-corrected chi connectivity index (χ0v) is 10.1. The Hall–Kier alpha value is -1.90. The zero-order chi connectivity index (χ0) is 12.7. The Labute approximate surface area is 101 Å². The molecular formula is C14H16O3. The van der Waals surface area contributed by atoms with Crippen LogP contribution in [-0.4, -0.2) is 17.9 Å². The minimum atomic E-state index is -0.673. The number of hydrogen-bond donors (Lipinski definition) is 0. The minimum absolute atomic E-state index is 0.0774. The third-order valence-electron chi connectivity index (χ3n) is 2.31. The Balaban J connectivity index is 2.50. The van der Waals surface area contributed by atoms with Crippen molar-refractivity contribution in [2.75, 3.05) is 0 Å². The van der Waals surface area contributed by atoms with Gasteiger partial charge in [0.1, 0.15) is 0 Å². The van der Waals surface area contributed by atoms with Gasteiger partial charge in [0.05, 0.1) is 0 Å². The molecule has 90 valence electrons. The maximum absolute atomic E-state index is 11.4. The molecular weight excluding hydrogens is 216 g/mol. The number of rotatable bonds is 5. The lowest BCUT2D eigenvalue weighted by molar-refractivity contribution is -0.149. The second-order valence-electron chi connectivity index (χ2n) is 3.64. The molecule has 0 radical (unpaired) electrons. The van der Waals surface area contributed by atoms with Crippen molar-refractivity contribution in [1.82, 2.24) is 0 Å². The smallest absolute Gasteiger partial charge is 0.331 e. The standard InChI is InChI=1S/C14H16O3/c1-3-13(15)11(2)17-14(16)10-9-12-7-5-4-6-8-12/h4-11H,3H2,1-2H3. The summed E-state index contributed by atoms with van der Waals surface area (Å²) in [5, 5.41) is 0. The molecule has 1 unspecified atom stereocenters. The highest BCUT2D eigenvalue weighted by atomic mass is 16.5. The molecule has 0 saturated carbocycles. The van der Waals surface area contributed by atoms with Gasteiger partial charge in [-0.2, -0.15) is 0 Å². The van der Waals surface area contributed by atoms with Gasteiger partial charge >= 0.3 is 5.97 Å². The van der Waals surface area contributed by atoms with Crippen molar-refractivity contribution in [3.8, 4) is 0 Å². The molecule has 0 spiro atoms. The average molecular weight is 232 g/mol. The van der Waals surface area contributed by atoms with E-state index in [4.69, 9.17) is 4.74 Å². The summed E-state index contributed by atoms with van der Waals surface area (Å²) in [4.78, 5) is 22.6. The van der Waals surface area contributed by atoms with Crippen LogP contribution >= 0.6 is 0 Å². The van der Waals surface area contributed by atoms with E-state index in [0.717, 1.165) is 5.56 Å². The van der Waals surface area contributed by atoms with Crippen LogP contribution < -0.4 is 0 Å². The monoisotopic (exact) mass is 232 g/mol. The summed E-state index contributed by atoms with van der Waals surface area (Å²) in [5.41, 5.74) is 0.916. The van der Waals surface area contributed by atoms with E-state index in [1.807, 2.05) is 30.3 Å². The maximum atomic E-state index is 11.4. The predicted molar refractivity (Wildman–Crippen MR) is 66.3 cm³/mol. The summed E-state index contributed by atoms with van der Waals surface area (Å²) in [5.74, 6) is -0.574. The Kier molecular flexibility index (Phi) is 5.14. The molecule has 1 aromatic rings. The van der Waals surface area contributed by atoms with Gasteiger partial charge < -0.3 is 4.74 Å². The average Bonchev–Trinajstić information content (AvgIpc) is 2.36. The van der Waals surface area contributed by atoms with Crippen molar-refractivity contribution in [2.45, 2.75) is 26.4 Å². The molecule has 0 aromatic heterocycles. The van der Waals surface area contributed by atoms with E-state index >= 15 is 0 Å². The molecule has 0 N–H and O–H groups in total. The Morgan fingerprint density at radius 2 is 1.94 bits per heavy atom. The second kappa shape index (κ2) is 6.63. The first-order chi connectivity index (χ1) is 8.13. The van der Waals surface area contributed by atoms with Crippen LogP contribution in [0.2, 0.25) is 0 Å². The van der Waals surface area contributed by atoms with Crippen molar-refractivity contribution in [3.63, 3.8) is 0 Å². The minimum Gasteiger partial charge on any atom is -0.452 e. The lowest BCUT2D eigenvalue weighted by Gasteiger charge is -2.08. The van der Waals surface area contributed by atoms with E-state index in [2.05, 4.69) is 0 Å². The molecule has 0 aliphatic carbocycles. The van der Waals surface area contributed by atoms with Crippen LogP contribution in [0.15, 0.2) is 36.4 Å². The predicted octanol–water partition coefficient (Wildman–Crippen LogP) is 2.61. The molecule has 0 saturated heterocycles. The van der Waals surface area contributed by atoms with Crippen LogP contribution in [0.5, 0.6) is 0 Å². The van der Waals surface area contributed by atoms with Gasteiger partial charge in [-0.1, -0.05) is 37.3 Å². The van der Waals surface area contributed by atoms with Gasteiger partial charge in [-0.3, -0.25) is 4.79 Å². The molecule has 1 aromatic carbocycles. The summed E-state index contributed by atoms with van der Waals surface area (Å²) < 4.78 is 4.95. The van der Waals surface area contributed by atoms with Crippen LogP contribution in [0.3, 0.4) is 0 Å². The Morgan fingerprint density at radius 3 is 2.53 bits per heavy atom. The fourth-order valence-corrected chi connectivity index (χ4v) is 1.30. The molecule has 1 rings (SSSR count). The number of hydrogen-bond acceptors (Lipinski definition) is 3. The zero-order valence-electron chi connectivity index (χ0n) is 10.1. The third-order valence-corrected chi connectivity index (χ3v) is 2.31. The SMILES string of the molecule is CCC(=O)C(C)OC(=O)C=Cc1ccccc1. The number of Topliss-reactive ketones (excluding diaryl/α,β-unsaturated/α-hetero) is 1. The van der Waals surface area contributed by atoms with Gasteiger partial charge in [0.2, 0.25) is 0 Å². The quantitative estimate of drug-likeness (QED) is 0.579. The number of carbonyl (C=O) groups excluding carboxylic acids is 2. The van der Waals surface area contributed by atoms with E-state index in [1.165, 1.54) is 6.08 Å². The van der Waals surface area contributed by atoms with Crippen molar-refractivity contribution in [2.24, 2.45) is 0 Å². The van der Waals surface area contributed by atoms with Crippen LogP contribution in [0.25, 0.3) is 6.08 Å². The molecule has 0 fully saturated rings. The number of ether oxygens (including phenoxy) is 1. The van der Waals surface area contributed by atoms with E-state index in [-0.39, 0.29) is 5.78 Å². The highest BCUT2D eigenvalue weighted by molar-refractivity contribution is 5.90. The van der Waals surface area contributed by atoms with Crippen molar-refractivity contribution in [3.05, 3.63) is 42.0 Å². The number of ketones is 1. The highest BCUT2D eigenvalue weighted by Gasteiger charge is 2.13. The molecule has 3 heteroatoms. The second-order valence-corrected chi connectivity index (χ2v) is 3.64. The van der Waals surface area contributed by atoms with Crippen molar-refractivity contribution < 1.29 is 14.3 Å². The molecule has 17 heavy (non-hydrogen) atoms. The summed E-state index contributed by atoms with van der Waals surface area (Å²) in [6.07, 6.45) is 2.69. The Bertz CT molecular complexity index is 407. The van der Waals surface area contributed by atoms with Gasteiger partial charge in [-0.05, 0) is 18.6 Å². The van der Waals surface area contributed by atoms with Gasteiger partial charge in [-0.25, -0.2) is 4.79 Å². The van der Waals surface area contributed by atoms with Crippen LogP contribution in [0.1, 0.15) is 25.8 Å². The molecule has 3 nitrogen and oxygen atoms in total. The lowest BCUT2D eigenvalue weighted by atomic mass is 10.2. The van der Waals surface area contributed by atoms with E-state index in [0.29, 0.717) is 6.42 Å². The lowest BCUT2D eigenvalue weighted by Crippen LogP contribution is -2.22. The third kappa shape index (κ3) is 4.64. The van der Waals surface area contributed by atoms with Gasteiger partial charge in [-0.15, -0.1) is 0 Å². The normalized spacial score (nSPS) is 12.4. The van der Waals surface area contributed by atoms with E-state index in [1.54, 1.807) is 19.9 Å². The fraction of sp³-hybridized carbons (Fsp3) is 0.286. The summed E-state index contributed by atoms with van der Waals surface area (Å²) in [7, 11) is 0. The first-order valence-corrected chi connectivity index (χ1v) is 5.60. The largest absolute Gasteiger partial charge is 0.452 e. The number of carbonyl (C=O) groups is 2. The van der Waals surface area contributed by atoms with Crippen LogP contribution in [-0.2, 0) is 14.3 Å². The van der Waals surface area contributed by atoms with Crippen LogP contribution in [0, 0.1) is 0 Å². The molecule has 0 bridgehead atoms. The number of esters is 1. The van der Waals surface area contributed by atoms with Gasteiger partial charge in [0.25, 0.3) is 0 Å². The summed E-state index contributed by atoms with van der Waals surface area (Å²) in [6.45, 7) is 3.33. The highest BCUT2D eigenvalue weighted by Crippen LogP contribution is 2.03.